The summed E-state index contributed by atoms with van der Waals surface area (Å²) in [4.78, 5) is 23.2. The quantitative estimate of drug-likeness (QED) is 0.716. The predicted molar refractivity (Wildman–Crippen MR) is 98.4 cm³/mol. The van der Waals surface area contributed by atoms with Gasteiger partial charge in [0.25, 0.3) is 0 Å². The minimum absolute atomic E-state index is 0.104. The number of rotatable bonds is 6. The summed E-state index contributed by atoms with van der Waals surface area (Å²) >= 11 is 1.41. The number of ether oxygens (including phenoxy) is 1. The summed E-state index contributed by atoms with van der Waals surface area (Å²) in [6.45, 7) is -1.80. The van der Waals surface area contributed by atoms with Gasteiger partial charge in [-0.1, -0.05) is 11.3 Å². The smallest absolute Gasteiger partial charge is 0.422 e. The van der Waals surface area contributed by atoms with Crippen LogP contribution in [-0.2, 0) is 14.9 Å². The Kier molecular flexibility index (Phi) is 5.43. The minimum atomic E-state index is -4.58. The first-order valence-electron chi connectivity index (χ1n) is 9.82. The van der Waals surface area contributed by atoms with Crippen molar-refractivity contribution >= 4 is 28.5 Å². The molecule has 1 heterocycles. The van der Waals surface area contributed by atoms with Crippen LogP contribution in [0.3, 0.4) is 0 Å². The molecule has 2 N–H and O–H groups in total. The zero-order valence-corrected chi connectivity index (χ0v) is 16.6. The van der Waals surface area contributed by atoms with Crippen molar-refractivity contribution < 1.29 is 27.5 Å². The second-order valence-electron chi connectivity index (χ2n) is 8.53. The van der Waals surface area contributed by atoms with Crippen molar-refractivity contribution in [3.05, 3.63) is 5.01 Å². The molecule has 1 aromatic heterocycles. The Morgan fingerprint density at radius 2 is 1.72 bits per heavy atom. The highest BCUT2D eigenvalue weighted by Crippen LogP contribution is 2.61. The van der Waals surface area contributed by atoms with Gasteiger partial charge in [-0.15, -0.1) is 10.2 Å². The molecule has 0 aliphatic heterocycles. The van der Waals surface area contributed by atoms with Gasteiger partial charge >= 0.3 is 12.3 Å². The molecule has 4 aliphatic carbocycles. The summed E-state index contributed by atoms with van der Waals surface area (Å²) in [7, 11) is 0. The fourth-order valence-corrected chi connectivity index (χ4v) is 6.50. The van der Waals surface area contributed by atoms with E-state index >= 15 is 0 Å². The number of hydrogen-bond acceptors (Lipinski definition) is 6. The number of amides is 2. The Bertz CT molecular complexity index is 747. The molecule has 0 spiro atoms. The summed E-state index contributed by atoms with van der Waals surface area (Å²) in [5.41, 5.74) is 0.110. The first kappa shape index (κ1) is 20.4. The van der Waals surface area contributed by atoms with Crippen LogP contribution in [0.1, 0.15) is 50.0 Å². The zero-order chi connectivity index (χ0) is 20.6. The van der Waals surface area contributed by atoms with Gasteiger partial charge in [-0.2, -0.15) is 13.2 Å². The molecule has 5 rings (SSSR count). The molecular formula is C18H23F3N4O3S. The molecule has 11 heteroatoms. The Labute approximate surface area is 169 Å². The summed E-state index contributed by atoms with van der Waals surface area (Å²) in [6, 6.07) is 0. The standard InChI is InChI=1S/C18H23F3N4O3S/c19-18(20,21)9-28-16(27)22-2-1-13(26)23-15-25-24-14(29-15)17-6-10-3-11(7-17)5-12(4-10)8-17/h10-12H,1-9H2,(H,22,27)(H,23,25,26). The molecule has 4 aliphatic rings. The number of alkyl halides is 3. The van der Waals surface area contributed by atoms with Crippen LogP contribution in [0.15, 0.2) is 0 Å². The van der Waals surface area contributed by atoms with Gasteiger partial charge in [0.15, 0.2) is 6.61 Å². The van der Waals surface area contributed by atoms with Gasteiger partial charge in [-0.3, -0.25) is 4.79 Å². The lowest BCUT2D eigenvalue weighted by Gasteiger charge is -2.55. The van der Waals surface area contributed by atoms with Crippen molar-refractivity contribution in [2.24, 2.45) is 17.8 Å². The highest BCUT2D eigenvalue weighted by atomic mass is 32.1. The zero-order valence-electron chi connectivity index (χ0n) is 15.8. The number of aromatic nitrogens is 2. The molecule has 0 atom stereocenters. The molecule has 7 nitrogen and oxygen atoms in total. The van der Waals surface area contributed by atoms with Crippen molar-refractivity contribution in [1.29, 1.82) is 0 Å². The van der Waals surface area contributed by atoms with Gasteiger partial charge in [0.2, 0.25) is 11.0 Å². The van der Waals surface area contributed by atoms with E-state index in [0.29, 0.717) is 5.13 Å². The van der Waals surface area contributed by atoms with Crippen molar-refractivity contribution in [3.8, 4) is 0 Å². The number of hydrogen-bond donors (Lipinski definition) is 2. The van der Waals surface area contributed by atoms with Crippen LogP contribution in [-0.4, -0.2) is 41.5 Å². The van der Waals surface area contributed by atoms with E-state index in [1.54, 1.807) is 0 Å². The van der Waals surface area contributed by atoms with Crippen molar-refractivity contribution in [2.75, 3.05) is 18.5 Å². The minimum Gasteiger partial charge on any atom is -0.440 e. The monoisotopic (exact) mass is 432 g/mol. The van der Waals surface area contributed by atoms with Crippen molar-refractivity contribution in [2.45, 2.75) is 56.5 Å². The van der Waals surface area contributed by atoms with Crippen LogP contribution in [0, 0.1) is 17.8 Å². The fraction of sp³-hybridized carbons (Fsp3) is 0.778. The van der Waals surface area contributed by atoms with Gasteiger partial charge in [0.05, 0.1) is 0 Å². The second kappa shape index (κ2) is 7.73. The molecule has 4 saturated carbocycles. The third-order valence-corrected chi connectivity index (χ3v) is 7.24. The van der Waals surface area contributed by atoms with Crippen LogP contribution in [0.2, 0.25) is 0 Å². The molecule has 0 unspecified atom stereocenters. The molecule has 1 aromatic rings. The summed E-state index contributed by atoms with van der Waals surface area (Å²) < 4.78 is 39.9. The number of halogens is 3. The molecule has 4 fully saturated rings. The first-order valence-corrected chi connectivity index (χ1v) is 10.6. The molecular weight excluding hydrogens is 409 g/mol. The Hall–Kier alpha value is -1.91. The SMILES string of the molecule is O=C(CCNC(=O)OCC(F)(F)F)Nc1nnc(C23CC4CC(CC(C4)C2)C3)s1. The topological polar surface area (TPSA) is 93.2 Å². The molecule has 29 heavy (non-hydrogen) atoms. The third-order valence-electron chi connectivity index (χ3n) is 6.15. The van der Waals surface area contributed by atoms with Crippen molar-refractivity contribution in [1.82, 2.24) is 15.5 Å². The van der Waals surface area contributed by atoms with Crippen molar-refractivity contribution in [3.63, 3.8) is 0 Å². The lowest BCUT2D eigenvalue weighted by molar-refractivity contribution is -0.160. The van der Waals surface area contributed by atoms with Crippen LogP contribution in [0.25, 0.3) is 0 Å². The average Bonchev–Trinajstić information content (AvgIpc) is 3.07. The Morgan fingerprint density at radius 1 is 1.10 bits per heavy atom. The fourth-order valence-electron chi connectivity index (χ4n) is 5.52. The van der Waals surface area contributed by atoms with Crippen LogP contribution in [0.5, 0.6) is 0 Å². The van der Waals surface area contributed by atoms with E-state index in [9.17, 15) is 22.8 Å². The molecule has 160 valence electrons. The van der Waals surface area contributed by atoms with E-state index in [2.05, 4.69) is 25.6 Å². The number of nitrogens with one attached hydrogen (secondary N) is 2. The van der Waals surface area contributed by atoms with Gasteiger partial charge in [-0.05, 0) is 56.3 Å². The van der Waals surface area contributed by atoms with Gasteiger partial charge in [0.1, 0.15) is 5.01 Å². The highest BCUT2D eigenvalue weighted by Gasteiger charge is 2.53. The third kappa shape index (κ3) is 4.81. The maximum Gasteiger partial charge on any atom is 0.422 e. The molecule has 0 saturated heterocycles. The number of anilines is 1. The number of carbonyl (C=O) groups excluding carboxylic acids is 2. The normalized spacial score (nSPS) is 30.2. The van der Waals surface area contributed by atoms with E-state index in [4.69, 9.17) is 0 Å². The van der Waals surface area contributed by atoms with Gasteiger partial charge < -0.3 is 15.4 Å². The Morgan fingerprint density at radius 3 is 2.31 bits per heavy atom. The molecule has 0 aromatic carbocycles. The second-order valence-corrected chi connectivity index (χ2v) is 9.50. The number of carbonyl (C=O) groups is 2. The average molecular weight is 432 g/mol. The van der Waals surface area contributed by atoms with E-state index < -0.39 is 24.8 Å². The first-order chi connectivity index (χ1) is 13.7. The van der Waals surface area contributed by atoms with Gasteiger partial charge in [-0.25, -0.2) is 4.79 Å². The molecule has 0 radical (unpaired) electrons. The van der Waals surface area contributed by atoms with Crippen LogP contribution in [0.4, 0.5) is 23.1 Å². The molecule has 4 bridgehead atoms. The van der Waals surface area contributed by atoms with E-state index in [1.165, 1.54) is 30.6 Å². The summed E-state index contributed by atoms with van der Waals surface area (Å²) in [5.74, 6) is 1.96. The molecule has 2 amide bonds. The van der Waals surface area contributed by atoms with Crippen LogP contribution < -0.4 is 10.6 Å². The lowest BCUT2D eigenvalue weighted by Crippen LogP contribution is -2.48. The highest BCUT2D eigenvalue weighted by molar-refractivity contribution is 7.15. The summed E-state index contributed by atoms with van der Waals surface area (Å²) in [5, 5.41) is 14.7. The van der Waals surface area contributed by atoms with E-state index in [0.717, 1.165) is 42.0 Å². The summed E-state index contributed by atoms with van der Waals surface area (Å²) in [6.07, 6.45) is 1.58. The maximum atomic E-state index is 12.0. The number of alkyl carbamates (subject to hydrolysis) is 1. The maximum absolute atomic E-state index is 12.0. The van der Waals surface area contributed by atoms with Gasteiger partial charge in [0, 0.05) is 18.4 Å². The Balaban J connectivity index is 1.24. The predicted octanol–water partition coefficient (Wildman–Crippen LogP) is 3.62. The van der Waals surface area contributed by atoms with E-state index in [-0.39, 0.29) is 18.4 Å². The lowest BCUT2D eigenvalue weighted by atomic mass is 9.50. The van der Waals surface area contributed by atoms with E-state index in [1.807, 2.05) is 0 Å². The largest absolute Gasteiger partial charge is 0.440 e. The van der Waals surface area contributed by atoms with Crippen LogP contribution >= 0.6 is 11.3 Å². The number of nitrogens with zero attached hydrogens (tertiary/aromatic N) is 2.